The van der Waals surface area contributed by atoms with Crippen LogP contribution in [0.4, 0.5) is 12.0 Å². The molecular weight excluding hydrogens is 359 g/mol. The van der Waals surface area contributed by atoms with E-state index in [0.29, 0.717) is 25.1 Å². The zero-order valence-corrected chi connectivity index (χ0v) is 15.8. The number of nitrogens with one attached hydrogen (secondary N) is 2. The van der Waals surface area contributed by atoms with Crippen LogP contribution in [0.15, 0.2) is 9.05 Å². The molecule has 0 saturated carbocycles. The normalized spacial score (nSPS) is 10.4. The van der Waals surface area contributed by atoms with E-state index in [9.17, 15) is 0 Å². The first-order chi connectivity index (χ1) is 10.5. The van der Waals surface area contributed by atoms with E-state index in [2.05, 4.69) is 40.7 Å². The Bertz CT molecular complexity index is 525. The van der Waals surface area contributed by atoms with Gasteiger partial charge < -0.3 is 29.5 Å². The van der Waals surface area contributed by atoms with Crippen LogP contribution in [-0.2, 0) is 0 Å². The van der Waals surface area contributed by atoms with E-state index in [-0.39, 0.29) is 36.5 Å². The van der Waals surface area contributed by atoms with E-state index in [1.54, 1.807) is 0 Å². The number of rotatable bonds is 9. The standard InChI is InChI=1S/C12H22N8O2.2ClH/c1-19(2)7-5-13-11-15-9(17-21-11)10-16-12(22-18-10)14-6-8-20(3)4;;/h5-8H2,1-4H3,(H,13,15,17)(H,14,16,18);2*1H. The highest BCUT2D eigenvalue weighted by atomic mass is 35.5. The molecule has 2 aromatic heterocycles. The highest BCUT2D eigenvalue weighted by Crippen LogP contribution is 2.15. The minimum atomic E-state index is 0. The summed E-state index contributed by atoms with van der Waals surface area (Å²) in [6.07, 6.45) is 0. The molecule has 2 heterocycles. The molecule has 0 atom stereocenters. The van der Waals surface area contributed by atoms with Crippen LogP contribution in [0.5, 0.6) is 0 Å². The maximum Gasteiger partial charge on any atom is 0.321 e. The lowest BCUT2D eigenvalue weighted by Crippen LogP contribution is -2.20. The zero-order chi connectivity index (χ0) is 15.9. The number of hydrogen-bond acceptors (Lipinski definition) is 10. The van der Waals surface area contributed by atoms with Crippen molar-refractivity contribution in [1.29, 1.82) is 0 Å². The van der Waals surface area contributed by atoms with Crippen LogP contribution >= 0.6 is 24.8 Å². The van der Waals surface area contributed by atoms with Crippen LogP contribution in [0.1, 0.15) is 0 Å². The van der Waals surface area contributed by atoms with Gasteiger partial charge in [0.2, 0.25) is 11.6 Å². The van der Waals surface area contributed by atoms with Crippen molar-refractivity contribution >= 4 is 36.8 Å². The van der Waals surface area contributed by atoms with Crippen molar-refractivity contribution in [2.45, 2.75) is 0 Å². The van der Waals surface area contributed by atoms with Crippen molar-refractivity contribution < 1.29 is 9.05 Å². The third-order valence-electron chi connectivity index (χ3n) is 2.72. The molecular formula is C12H24Cl2N8O2. The third kappa shape index (κ3) is 7.30. The van der Waals surface area contributed by atoms with E-state index >= 15 is 0 Å². The molecule has 0 bridgehead atoms. The summed E-state index contributed by atoms with van der Waals surface area (Å²) in [5, 5.41) is 13.7. The maximum absolute atomic E-state index is 5.08. The molecule has 0 aromatic carbocycles. The molecule has 0 aliphatic heterocycles. The van der Waals surface area contributed by atoms with Crippen LogP contribution in [-0.4, -0.2) is 84.5 Å². The minimum Gasteiger partial charge on any atom is -0.336 e. The van der Waals surface area contributed by atoms with Gasteiger partial charge in [0.15, 0.2) is 0 Å². The molecule has 0 unspecified atom stereocenters. The molecule has 0 saturated heterocycles. The maximum atomic E-state index is 5.08. The molecule has 2 rings (SSSR count). The topological polar surface area (TPSA) is 108 Å². The summed E-state index contributed by atoms with van der Waals surface area (Å²) in [6.45, 7) is 3.14. The Kier molecular flexibility index (Phi) is 10.3. The van der Waals surface area contributed by atoms with Gasteiger partial charge in [-0.15, -0.1) is 24.8 Å². The van der Waals surface area contributed by atoms with Gasteiger partial charge in [-0.05, 0) is 28.2 Å². The number of likely N-dealkylation sites (N-methyl/N-ethyl adjacent to an activating group) is 2. The summed E-state index contributed by atoms with van der Waals surface area (Å²) in [5.74, 6) is 0.577. The average Bonchev–Trinajstić information content (AvgIpc) is 3.06. The summed E-state index contributed by atoms with van der Waals surface area (Å²) in [7, 11) is 7.96. The van der Waals surface area contributed by atoms with Gasteiger partial charge >= 0.3 is 12.0 Å². The fraction of sp³-hybridized carbons (Fsp3) is 0.667. The van der Waals surface area contributed by atoms with Crippen molar-refractivity contribution in [1.82, 2.24) is 30.1 Å². The van der Waals surface area contributed by atoms with Crippen molar-refractivity contribution in [2.75, 3.05) is 65.0 Å². The first-order valence-corrected chi connectivity index (χ1v) is 6.99. The molecule has 0 amide bonds. The van der Waals surface area contributed by atoms with E-state index in [4.69, 9.17) is 9.05 Å². The Hall–Kier alpha value is -1.62. The number of nitrogens with zero attached hydrogens (tertiary/aromatic N) is 6. The number of anilines is 2. The summed E-state index contributed by atoms with van der Waals surface area (Å²) in [6, 6.07) is 0.674. The molecule has 0 spiro atoms. The van der Waals surface area contributed by atoms with Crippen LogP contribution in [0, 0.1) is 0 Å². The van der Waals surface area contributed by atoms with Gasteiger partial charge in [0.25, 0.3) is 0 Å². The van der Waals surface area contributed by atoms with Crippen molar-refractivity contribution in [3.05, 3.63) is 0 Å². The first-order valence-electron chi connectivity index (χ1n) is 6.99. The van der Waals surface area contributed by atoms with Crippen LogP contribution < -0.4 is 10.6 Å². The summed E-state index contributed by atoms with van der Waals surface area (Å²) in [4.78, 5) is 12.4. The second-order valence-electron chi connectivity index (χ2n) is 5.31. The summed E-state index contributed by atoms with van der Waals surface area (Å²) in [5.41, 5.74) is 0. The second kappa shape index (κ2) is 11.0. The summed E-state index contributed by atoms with van der Waals surface area (Å²) >= 11 is 0. The molecule has 0 aliphatic rings. The highest BCUT2D eigenvalue weighted by molar-refractivity contribution is 5.85. The predicted octanol–water partition coefficient (Wildman–Crippen LogP) is 0.910. The smallest absolute Gasteiger partial charge is 0.321 e. The molecule has 2 aromatic rings. The lowest BCUT2D eigenvalue weighted by atomic mass is 10.5. The van der Waals surface area contributed by atoms with Crippen LogP contribution in [0.25, 0.3) is 11.6 Å². The van der Waals surface area contributed by atoms with Crippen LogP contribution in [0.2, 0.25) is 0 Å². The second-order valence-corrected chi connectivity index (χ2v) is 5.31. The van der Waals surface area contributed by atoms with Gasteiger partial charge in [-0.3, -0.25) is 0 Å². The van der Waals surface area contributed by atoms with Gasteiger partial charge in [0, 0.05) is 26.2 Å². The van der Waals surface area contributed by atoms with E-state index in [0.717, 1.165) is 13.1 Å². The molecule has 24 heavy (non-hydrogen) atoms. The van der Waals surface area contributed by atoms with E-state index in [1.807, 2.05) is 28.2 Å². The third-order valence-corrected chi connectivity index (χ3v) is 2.72. The highest BCUT2D eigenvalue weighted by Gasteiger charge is 2.15. The fourth-order valence-corrected chi connectivity index (χ4v) is 1.55. The lowest BCUT2D eigenvalue weighted by molar-refractivity contribution is 0.406. The number of halogens is 2. The Morgan fingerprint density at radius 1 is 0.750 bits per heavy atom. The summed E-state index contributed by atoms with van der Waals surface area (Å²) < 4.78 is 10.2. The van der Waals surface area contributed by atoms with Gasteiger partial charge in [-0.1, -0.05) is 10.3 Å². The largest absolute Gasteiger partial charge is 0.336 e. The predicted molar refractivity (Wildman–Crippen MR) is 96.2 cm³/mol. The number of hydrogen-bond donors (Lipinski definition) is 2. The monoisotopic (exact) mass is 382 g/mol. The van der Waals surface area contributed by atoms with Gasteiger partial charge in [-0.2, -0.15) is 9.97 Å². The molecule has 138 valence electrons. The molecule has 0 fully saturated rings. The zero-order valence-electron chi connectivity index (χ0n) is 14.1. The first kappa shape index (κ1) is 22.4. The SMILES string of the molecule is CN(C)CCNc1nc(-c2noc(NCCN(C)C)n2)no1.Cl.Cl. The quantitative estimate of drug-likeness (QED) is 0.649. The average molecular weight is 383 g/mol. The van der Waals surface area contributed by atoms with Crippen molar-refractivity contribution in [3.8, 4) is 11.6 Å². The molecule has 12 heteroatoms. The van der Waals surface area contributed by atoms with Crippen LogP contribution in [0.3, 0.4) is 0 Å². The molecule has 2 N–H and O–H groups in total. The Morgan fingerprint density at radius 2 is 1.12 bits per heavy atom. The Morgan fingerprint density at radius 3 is 1.46 bits per heavy atom. The van der Waals surface area contributed by atoms with Gasteiger partial charge in [-0.25, -0.2) is 0 Å². The molecule has 0 aliphatic carbocycles. The molecule has 10 nitrogen and oxygen atoms in total. The Labute approximate surface area is 153 Å². The van der Waals surface area contributed by atoms with Gasteiger partial charge in [0.05, 0.1) is 0 Å². The Balaban J connectivity index is 0.00000264. The van der Waals surface area contributed by atoms with E-state index < -0.39 is 0 Å². The molecule has 0 radical (unpaired) electrons. The van der Waals surface area contributed by atoms with Crippen molar-refractivity contribution in [3.63, 3.8) is 0 Å². The number of aromatic nitrogens is 4. The van der Waals surface area contributed by atoms with Crippen molar-refractivity contribution in [2.24, 2.45) is 0 Å². The van der Waals surface area contributed by atoms with Gasteiger partial charge in [0.1, 0.15) is 0 Å². The van der Waals surface area contributed by atoms with E-state index in [1.165, 1.54) is 0 Å². The minimum absolute atomic E-state index is 0. The fourth-order valence-electron chi connectivity index (χ4n) is 1.55. The lowest BCUT2D eigenvalue weighted by Gasteiger charge is -2.08.